The lowest BCUT2D eigenvalue weighted by Gasteiger charge is -2.32. The average Bonchev–Trinajstić information content (AvgIpc) is 3.22. The number of hydrogen-bond acceptors (Lipinski definition) is 5. The molecule has 0 aliphatic carbocycles. The van der Waals surface area contributed by atoms with Crippen LogP contribution < -0.4 is 9.47 Å². The quantitative estimate of drug-likeness (QED) is 0.586. The zero-order valence-corrected chi connectivity index (χ0v) is 17.7. The minimum atomic E-state index is -4.46. The molecule has 3 heterocycles. The molecule has 1 aliphatic rings. The highest BCUT2D eigenvalue weighted by atomic mass is 19.4. The number of carbonyl (C=O) groups excluding carboxylic acids is 1. The van der Waals surface area contributed by atoms with Gasteiger partial charge in [0.2, 0.25) is 0 Å². The molecule has 3 aromatic rings. The summed E-state index contributed by atoms with van der Waals surface area (Å²) in [5.41, 5.74) is 0.0322. The summed E-state index contributed by atoms with van der Waals surface area (Å²) in [5.74, 6) is 1.04. The highest BCUT2D eigenvalue weighted by Gasteiger charge is 2.33. The molecule has 1 fully saturated rings. The summed E-state index contributed by atoms with van der Waals surface area (Å²) in [4.78, 5) is 14.9. The standard InChI is InChI=1S/C22H23F3N4O3/c1-3-32-18-11-14(6-8-17(18)31-2)21(30)28-10-4-5-15(12-28)20-27-26-19-9-7-16(13-29(19)20)22(23,24)25/h6-9,11,13,15H,3-5,10,12H2,1-2H3. The maximum atomic E-state index is 13.2. The Kier molecular flexibility index (Phi) is 5.94. The number of rotatable bonds is 5. The molecule has 170 valence electrons. The number of carbonyl (C=O) groups is 1. The summed E-state index contributed by atoms with van der Waals surface area (Å²) in [7, 11) is 1.53. The van der Waals surface area contributed by atoms with E-state index < -0.39 is 11.7 Å². The summed E-state index contributed by atoms with van der Waals surface area (Å²) < 4.78 is 51.7. The van der Waals surface area contributed by atoms with E-state index >= 15 is 0 Å². The van der Waals surface area contributed by atoms with Crippen molar-refractivity contribution < 1.29 is 27.4 Å². The highest BCUT2D eigenvalue weighted by molar-refractivity contribution is 5.95. The van der Waals surface area contributed by atoms with Gasteiger partial charge in [0.05, 0.1) is 19.3 Å². The summed E-state index contributed by atoms with van der Waals surface area (Å²) >= 11 is 0. The van der Waals surface area contributed by atoms with Gasteiger partial charge in [0.1, 0.15) is 5.82 Å². The van der Waals surface area contributed by atoms with Crippen LogP contribution in [0.4, 0.5) is 13.2 Å². The van der Waals surface area contributed by atoms with Crippen LogP contribution in [0.5, 0.6) is 11.5 Å². The first-order chi connectivity index (χ1) is 15.3. The number of methoxy groups -OCH3 is 1. The van der Waals surface area contributed by atoms with Gasteiger partial charge in [-0.3, -0.25) is 9.20 Å². The molecule has 1 atom stereocenters. The number of fused-ring (bicyclic) bond motifs is 1. The summed E-state index contributed by atoms with van der Waals surface area (Å²) in [6.07, 6.45) is -2.04. The molecule has 4 rings (SSSR count). The number of halogens is 3. The van der Waals surface area contributed by atoms with E-state index in [2.05, 4.69) is 10.2 Å². The van der Waals surface area contributed by atoms with E-state index in [9.17, 15) is 18.0 Å². The summed E-state index contributed by atoms with van der Waals surface area (Å²) in [5, 5.41) is 8.15. The molecule has 1 saturated heterocycles. The number of pyridine rings is 1. The molecule has 0 spiro atoms. The molecule has 1 unspecified atom stereocenters. The molecular weight excluding hydrogens is 425 g/mol. The Hall–Kier alpha value is -3.30. The van der Waals surface area contributed by atoms with Crippen molar-refractivity contribution in [2.24, 2.45) is 0 Å². The normalized spacial score (nSPS) is 16.9. The molecule has 32 heavy (non-hydrogen) atoms. The number of amides is 1. The third-order valence-corrected chi connectivity index (χ3v) is 5.54. The number of aromatic nitrogens is 3. The van der Waals surface area contributed by atoms with Crippen LogP contribution in [-0.4, -0.2) is 52.2 Å². The number of hydrogen-bond donors (Lipinski definition) is 0. The molecule has 0 bridgehead atoms. The van der Waals surface area contributed by atoms with E-state index in [4.69, 9.17) is 9.47 Å². The average molecular weight is 448 g/mol. The Labute approximate surface area is 182 Å². The van der Waals surface area contributed by atoms with Gasteiger partial charge in [0, 0.05) is 30.8 Å². The lowest BCUT2D eigenvalue weighted by atomic mass is 9.96. The van der Waals surface area contributed by atoms with E-state index in [1.807, 2.05) is 6.92 Å². The first-order valence-electron chi connectivity index (χ1n) is 10.3. The van der Waals surface area contributed by atoms with Gasteiger partial charge in [0.15, 0.2) is 17.1 Å². The van der Waals surface area contributed by atoms with E-state index in [1.54, 1.807) is 23.1 Å². The van der Waals surface area contributed by atoms with Crippen LogP contribution in [0.3, 0.4) is 0 Å². The predicted octanol–water partition coefficient (Wildman–Crippen LogP) is 4.18. The second-order valence-electron chi connectivity index (χ2n) is 7.59. The van der Waals surface area contributed by atoms with Crippen molar-refractivity contribution >= 4 is 11.6 Å². The number of piperidine rings is 1. The van der Waals surface area contributed by atoms with Gasteiger partial charge in [-0.2, -0.15) is 13.2 Å². The zero-order chi connectivity index (χ0) is 22.9. The number of ether oxygens (including phenoxy) is 2. The first kappa shape index (κ1) is 21.9. The Bertz CT molecular complexity index is 1130. The third kappa shape index (κ3) is 4.21. The van der Waals surface area contributed by atoms with Crippen LogP contribution >= 0.6 is 0 Å². The number of benzene rings is 1. The van der Waals surface area contributed by atoms with E-state index in [0.717, 1.165) is 12.3 Å². The third-order valence-electron chi connectivity index (χ3n) is 5.54. The van der Waals surface area contributed by atoms with Crippen LogP contribution in [-0.2, 0) is 6.18 Å². The molecule has 10 heteroatoms. The summed E-state index contributed by atoms with van der Waals surface area (Å²) in [6, 6.07) is 7.30. The molecule has 1 amide bonds. The van der Waals surface area contributed by atoms with Crippen molar-refractivity contribution in [3.8, 4) is 11.5 Å². The second kappa shape index (κ2) is 8.68. The first-order valence-corrected chi connectivity index (χ1v) is 10.3. The molecule has 1 aromatic carbocycles. The van der Waals surface area contributed by atoms with Gasteiger partial charge >= 0.3 is 6.18 Å². The van der Waals surface area contributed by atoms with Crippen molar-refractivity contribution in [1.82, 2.24) is 19.5 Å². The van der Waals surface area contributed by atoms with Gasteiger partial charge in [-0.1, -0.05) is 0 Å². The van der Waals surface area contributed by atoms with Gasteiger partial charge in [0.25, 0.3) is 5.91 Å². The minimum absolute atomic E-state index is 0.178. The van der Waals surface area contributed by atoms with Gasteiger partial charge in [-0.05, 0) is 50.1 Å². The molecule has 0 radical (unpaired) electrons. The zero-order valence-electron chi connectivity index (χ0n) is 17.7. The highest BCUT2D eigenvalue weighted by Crippen LogP contribution is 2.33. The van der Waals surface area contributed by atoms with E-state index in [1.165, 1.54) is 17.6 Å². The van der Waals surface area contributed by atoms with Crippen molar-refractivity contribution in [3.63, 3.8) is 0 Å². The smallest absolute Gasteiger partial charge is 0.417 e. The molecule has 0 saturated carbocycles. The van der Waals surface area contributed by atoms with Crippen LogP contribution in [0, 0.1) is 0 Å². The fourth-order valence-corrected chi connectivity index (χ4v) is 3.99. The Morgan fingerprint density at radius 1 is 1.19 bits per heavy atom. The van der Waals surface area contributed by atoms with Crippen LogP contribution in [0.1, 0.15) is 47.4 Å². The van der Waals surface area contributed by atoms with Crippen molar-refractivity contribution in [3.05, 3.63) is 53.5 Å². The monoisotopic (exact) mass is 448 g/mol. The maximum Gasteiger partial charge on any atom is 0.417 e. The predicted molar refractivity (Wildman–Crippen MR) is 110 cm³/mol. The van der Waals surface area contributed by atoms with Crippen LogP contribution in [0.25, 0.3) is 5.65 Å². The molecule has 0 N–H and O–H groups in total. The van der Waals surface area contributed by atoms with Crippen molar-refractivity contribution in [2.45, 2.75) is 31.9 Å². The Morgan fingerprint density at radius 3 is 2.72 bits per heavy atom. The van der Waals surface area contributed by atoms with Crippen LogP contribution in [0.2, 0.25) is 0 Å². The van der Waals surface area contributed by atoms with Gasteiger partial charge in [-0.25, -0.2) is 0 Å². The van der Waals surface area contributed by atoms with Crippen molar-refractivity contribution in [2.75, 3.05) is 26.8 Å². The lowest BCUT2D eigenvalue weighted by molar-refractivity contribution is -0.137. The molecule has 2 aromatic heterocycles. The summed E-state index contributed by atoms with van der Waals surface area (Å²) in [6.45, 7) is 3.16. The van der Waals surface area contributed by atoms with Crippen molar-refractivity contribution in [1.29, 1.82) is 0 Å². The van der Waals surface area contributed by atoms with Gasteiger partial charge < -0.3 is 14.4 Å². The minimum Gasteiger partial charge on any atom is -0.493 e. The topological polar surface area (TPSA) is 69.0 Å². The Balaban J connectivity index is 1.59. The SMILES string of the molecule is CCOc1cc(C(=O)N2CCCC(c3nnc4ccc(C(F)(F)F)cn34)C2)ccc1OC. The Morgan fingerprint density at radius 2 is 2.00 bits per heavy atom. The van der Waals surface area contributed by atoms with E-state index in [-0.39, 0.29) is 11.8 Å². The fourth-order valence-electron chi connectivity index (χ4n) is 3.99. The number of alkyl halides is 3. The van der Waals surface area contributed by atoms with Crippen LogP contribution in [0.15, 0.2) is 36.5 Å². The molecule has 7 nitrogen and oxygen atoms in total. The molecule has 1 aliphatic heterocycles. The lowest BCUT2D eigenvalue weighted by Crippen LogP contribution is -2.39. The fraction of sp³-hybridized carbons (Fsp3) is 0.409. The van der Waals surface area contributed by atoms with Gasteiger partial charge in [-0.15, -0.1) is 10.2 Å². The molecular formula is C22H23F3N4O3. The second-order valence-corrected chi connectivity index (χ2v) is 7.59. The maximum absolute atomic E-state index is 13.2. The number of nitrogens with zero attached hydrogens (tertiary/aromatic N) is 4. The largest absolute Gasteiger partial charge is 0.493 e. The van der Waals surface area contributed by atoms with E-state index in [0.29, 0.717) is 61.1 Å². The number of likely N-dealkylation sites (tertiary alicyclic amines) is 1.